The first kappa shape index (κ1) is 21.2. The van der Waals surface area contributed by atoms with Gasteiger partial charge in [0, 0.05) is 37.6 Å². The van der Waals surface area contributed by atoms with Crippen LogP contribution in [0.3, 0.4) is 0 Å². The van der Waals surface area contributed by atoms with Gasteiger partial charge in [-0.2, -0.15) is 0 Å². The van der Waals surface area contributed by atoms with E-state index < -0.39 is 0 Å². The van der Waals surface area contributed by atoms with Crippen molar-refractivity contribution < 1.29 is 14.3 Å². The van der Waals surface area contributed by atoms with Crippen LogP contribution in [0.2, 0.25) is 0 Å². The van der Waals surface area contributed by atoms with Gasteiger partial charge in [-0.05, 0) is 57.9 Å². The molecule has 1 aliphatic rings. The Hall–Kier alpha value is -3.06. The highest BCUT2D eigenvalue weighted by atomic mass is 79.9. The number of para-hydroxylation sites is 1. The smallest absolute Gasteiger partial charge is 0.246 e. The predicted octanol–water partition coefficient (Wildman–Crippen LogP) is 4.38. The number of ether oxygens (including phenoxy) is 2. The fourth-order valence-corrected chi connectivity index (χ4v) is 4.32. The van der Waals surface area contributed by atoms with E-state index in [1.165, 1.54) is 0 Å². The van der Waals surface area contributed by atoms with Crippen molar-refractivity contribution in [1.29, 1.82) is 0 Å². The highest BCUT2D eigenvalue weighted by molar-refractivity contribution is 9.10. The number of carbonyl (C=O) groups excluding carboxylic acids is 1. The molecular formula is C24H24BrN3O3. The molecule has 2 heterocycles. The average molecular weight is 482 g/mol. The summed E-state index contributed by atoms with van der Waals surface area (Å²) in [5, 5.41) is 1.13. The SMILES string of the molecule is COc1cc(/C=C/C(=O)N2CCN(c3ccc4ccccc4n3)CC2)cc(Br)c1OC. The van der Waals surface area contributed by atoms with Gasteiger partial charge in [0.05, 0.1) is 24.2 Å². The second kappa shape index (κ2) is 9.39. The van der Waals surface area contributed by atoms with Crippen LogP contribution < -0.4 is 14.4 Å². The van der Waals surface area contributed by atoms with Crippen molar-refractivity contribution in [1.82, 2.24) is 9.88 Å². The minimum Gasteiger partial charge on any atom is -0.493 e. The van der Waals surface area contributed by atoms with E-state index in [1.54, 1.807) is 26.4 Å². The summed E-state index contributed by atoms with van der Waals surface area (Å²) < 4.78 is 11.5. The predicted molar refractivity (Wildman–Crippen MR) is 127 cm³/mol. The number of amides is 1. The molecule has 1 saturated heterocycles. The van der Waals surface area contributed by atoms with Crippen molar-refractivity contribution in [2.45, 2.75) is 0 Å². The van der Waals surface area contributed by atoms with E-state index in [2.05, 4.69) is 39.0 Å². The highest BCUT2D eigenvalue weighted by Crippen LogP contribution is 2.36. The van der Waals surface area contributed by atoms with E-state index >= 15 is 0 Å². The molecule has 0 aliphatic carbocycles. The van der Waals surface area contributed by atoms with Crippen LogP contribution in [0.15, 0.2) is 59.1 Å². The summed E-state index contributed by atoms with van der Waals surface area (Å²) in [5.41, 5.74) is 1.85. The molecule has 0 N–H and O–H groups in total. The molecule has 0 unspecified atom stereocenters. The first-order valence-electron chi connectivity index (χ1n) is 10.1. The lowest BCUT2D eigenvalue weighted by molar-refractivity contribution is -0.126. The second-order valence-corrected chi connectivity index (χ2v) is 8.10. The van der Waals surface area contributed by atoms with Crippen LogP contribution in [0.5, 0.6) is 11.5 Å². The van der Waals surface area contributed by atoms with Crippen LogP contribution in [0.4, 0.5) is 5.82 Å². The van der Waals surface area contributed by atoms with Crippen LogP contribution in [-0.4, -0.2) is 56.2 Å². The number of aromatic nitrogens is 1. The maximum atomic E-state index is 12.7. The molecule has 7 heteroatoms. The Morgan fingerprint density at radius 3 is 2.55 bits per heavy atom. The largest absolute Gasteiger partial charge is 0.493 e. The monoisotopic (exact) mass is 481 g/mol. The molecule has 0 atom stereocenters. The molecule has 2 aromatic carbocycles. The Kier molecular flexibility index (Phi) is 6.42. The van der Waals surface area contributed by atoms with Gasteiger partial charge in [-0.25, -0.2) is 4.98 Å². The maximum Gasteiger partial charge on any atom is 0.246 e. The van der Waals surface area contributed by atoms with E-state index in [0.29, 0.717) is 24.6 Å². The van der Waals surface area contributed by atoms with Crippen molar-refractivity contribution in [3.05, 3.63) is 64.6 Å². The van der Waals surface area contributed by atoms with Gasteiger partial charge in [-0.15, -0.1) is 0 Å². The minimum absolute atomic E-state index is 0.00275. The van der Waals surface area contributed by atoms with Crippen molar-refractivity contribution >= 4 is 44.6 Å². The Balaban J connectivity index is 1.39. The number of benzene rings is 2. The molecule has 1 aromatic heterocycles. The number of carbonyl (C=O) groups is 1. The first-order valence-corrected chi connectivity index (χ1v) is 10.9. The molecule has 0 saturated carbocycles. The number of hydrogen-bond acceptors (Lipinski definition) is 5. The van der Waals surface area contributed by atoms with Crippen molar-refractivity contribution in [3.8, 4) is 11.5 Å². The molecule has 160 valence electrons. The Morgan fingerprint density at radius 1 is 1.03 bits per heavy atom. The molecule has 0 bridgehead atoms. The summed E-state index contributed by atoms with van der Waals surface area (Å²) in [5.74, 6) is 2.19. The lowest BCUT2D eigenvalue weighted by Crippen LogP contribution is -2.48. The first-order chi connectivity index (χ1) is 15.1. The van der Waals surface area contributed by atoms with Crippen molar-refractivity contribution in [3.63, 3.8) is 0 Å². The molecule has 1 aliphatic heterocycles. The number of anilines is 1. The number of halogens is 1. The second-order valence-electron chi connectivity index (χ2n) is 7.25. The number of rotatable bonds is 5. The third-order valence-corrected chi connectivity index (χ3v) is 5.96. The van der Waals surface area contributed by atoms with E-state index in [0.717, 1.165) is 39.8 Å². The van der Waals surface area contributed by atoms with Gasteiger partial charge in [0.15, 0.2) is 11.5 Å². The van der Waals surface area contributed by atoms with Gasteiger partial charge in [0.1, 0.15) is 5.82 Å². The Morgan fingerprint density at radius 2 is 1.81 bits per heavy atom. The number of pyridine rings is 1. The number of fused-ring (bicyclic) bond motifs is 1. The summed E-state index contributed by atoms with van der Waals surface area (Å²) >= 11 is 3.48. The standard InChI is InChI=1S/C24H24BrN3O3/c1-30-21-16-17(15-19(25)24(21)31-2)7-10-23(29)28-13-11-27(12-14-28)22-9-8-18-5-3-4-6-20(18)26-22/h3-10,15-16H,11-14H2,1-2H3/b10-7+. The van der Waals surface area contributed by atoms with E-state index in [-0.39, 0.29) is 5.91 Å². The van der Waals surface area contributed by atoms with Crippen LogP contribution in [0, 0.1) is 0 Å². The van der Waals surface area contributed by atoms with Crippen LogP contribution in [0.25, 0.3) is 17.0 Å². The number of methoxy groups -OCH3 is 2. The molecule has 1 fully saturated rings. The summed E-state index contributed by atoms with van der Waals surface area (Å²) in [7, 11) is 3.18. The molecule has 1 amide bonds. The fraction of sp³-hybridized carbons (Fsp3) is 0.250. The topological polar surface area (TPSA) is 54.9 Å². The van der Waals surface area contributed by atoms with Crippen molar-refractivity contribution in [2.24, 2.45) is 0 Å². The fourth-order valence-electron chi connectivity index (χ4n) is 3.69. The minimum atomic E-state index is -0.00275. The van der Waals surface area contributed by atoms with Gasteiger partial charge in [-0.3, -0.25) is 4.79 Å². The van der Waals surface area contributed by atoms with Gasteiger partial charge < -0.3 is 19.3 Å². The molecule has 0 spiro atoms. The quantitative estimate of drug-likeness (QED) is 0.506. The van der Waals surface area contributed by atoms with E-state index in [4.69, 9.17) is 14.5 Å². The van der Waals surface area contributed by atoms with Gasteiger partial charge in [0.2, 0.25) is 5.91 Å². The molecule has 0 radical (unpaired) electrons. The highest BCUT2D eigenvalue weighted by Gasteiger charge is 2.20. The van der Waals surface area contributed by atoms with Crippen LogP contribution >= 0.6 is 15.9 Å². The zero-order chi connectivity index (χ0) is 21.8. The Labute approximate surface area is 190 Å². The van der Waals surface area contributed by atoms with E-state index in [1.807, 2.05) is 35.2 Å². The normalized spacial score (nSPS) is 14.3. The van der Waals surface area contributed by atoms with Gasteiger partial charge >= 0.3 is 0 Å². The zero-order valence-corrected chi connectivity index (χ0v) is 19.1. The van der Waals surface area contributed by atoms with Gasteiger partial charge in [0.25, 0.3) is 0 Å². The summed E-state index contributed by atoms with van der Waals surface area (Å²) in [6, 6.07) is 16.0. The van der Waals surface area contributed by atoms with E-state index in [9.17, 15) is 4.79 Å². The number of piperazine rings is 1. The third kappa shape index (κ3) is 4.66. The number of hydrogen-bond donors (Lipinski definition) is 0. The summed E-state index contributed by atoms with van der Waals surface area (Å²) in [6.45, 7) is 2.83. The van der Waals surface area contributed by atoms with Crippen LogP contribution in [0.1, 0.15) is 5.56 Å². The molecule has 31 heavy (non-hydrogen) atoms. The van der Waals surface area contributed by atoms with Gasteiger partial charge in [-0.1, -0.05) is 18.2 Å². The summed E-state index contributed by atoms with van der Waals surface area (Å²) in [6.07, 6.45) is 3.41. The lowest BCUT2D eigenvalue weighted by atomic mass is 10.1. The van der Waals surface area contributed by atoms with Crippen LogP contribution in [-0.2, 0) is 4.79 Å². The zero-order valence-electron chi connectivity index (χ0n) is 17.5. The number of nitrogens with zero attached hydrogens (tertiary/aromatic N) is 3. The lowest BCUT2D eigenvalue weighted by Gasteiger charge is -2.35. The molecular weight excluding hydrogens is 458 g/mol. The third-order valence-electron chi connectivity index (χ3n) is 5.37. The average Bonchev–Trinajstić information content (AvgIpc) is 2.81. The van der Waals surface area contributed by atoms with Crippen molar-refractivity contribution in [2.75, 3.05) is 45.3 Å². The molecule has 6 nitrogen and oxygen atoms in total. The summed E-state index contributed by atoms with van der Waals surface area (Å²) in [4.78, 5) is 21.5. The maximum absolute atomic E-state index is 12.7. The molecule has 4 rings (SSSR count). The molecule has 3 aromatic rings. The Bertz CT molecular complexity index is 1120.